The number of hydrogen-bond acceptors (Lipinski definition) is 3. The minimum Gasteiger partial charge on any atom is -0.390 e. The number of allylic oxidation sites excluding steroid dienone is 2. The Morgan fingerprint density at radius 1 is 1.47 bits per heavy atom. The first-order valence-corrected chi connectivity index (χ1v) is 5.41. The largest absolute Gasteiger partial charge is 0.390 e. The van der Waals surface area contributed by atoms with E-state index in [9.17, 15) is 0 Å². The van der Waals surface area contributed by atoms with E-state index in [4.69, 9.17) is 5.11 Å². The number of aliphatic hydroxyl groups is 1. The quantitative estimate of drug-likeness (QED) is 0.803. The second-order valence-corrected chi connectivity index (χ2v) is 4.16. The van der Waals surface area contributed by atoms with Gasteiger partial charge in [0.05, 0.1) is 18.0 Å². The number of aromatic nitrogens is 2. The van der Waals surface area contributed by atoms with E-state index in [0.717, 1.165) is 24.5 Å². The Hall–Kier alpha value is -1.22. The van der Waals surface area contributed by atoms with Crippen LogP contribution in [-0.4, -0.2) is 15.1 Å². The molecule has 3 heteroatoms. The van der Waals surface area contributed by atoms with Crippen LogP contribution < -0.4 is 0 Å². The Morgan fingerprint density at radius 3 is 3.00 bits per heavy atom. The third-order valence-corrected chi connectivity index (χ3v) is 2.89. The number of hydrogen-bond donors (Lipinski definition) is 1. The van der Waals surface area contributed by atoms with Gasteiger partial charge in [0.25, 0.3) is 0 Å². The first-order valence-electron chi connectivity index (χ1n) is 5.41. The summed E-state index contributed by atoms with van der Waals surface area (Å²) >= 11 is 0. The molecule has 3 nitrogen and oxygen atoms in total. The normalized spacial score (nSPS) is 21.2. The number of rotatable bonds is 2. The van der Waals surface area contributed by atoms with Gasteiger partial charge >= 0.3 is 0 Å². The van der Waals surface area contributed by atoms with Crippen molar-refractivity contribution in [1.82, 2.24) is 9.97 Å². The zero-order valence-corrected chi connectivity index (χ0v) is 8.98. The number of nitrogens with zero attached hydrogens (tertiary/aromatic N) is 2. The van der Waals surface area contributed by atoms with Gasteiger partial charge in [0, 0.05) is 0 Å². The van der Waals surface area contributed by atoms with Crippen molar-refractivity contribution >= 4 is 5.57 Å². The highest BCUT2D eigenvalue weighted by Crippen LogP contribution is 2.28. The van der Waals surface area contributed by atoms with Crippen molar-refractivity contribution in [3.8, 4) is 0 Å². The van der Waals surface area contributed by atoms with Gasteiger partial charge < -0.3 is 5.11 Å². The van der Waals surface area contributed by atoms with Crippen molar-refractivity contribution in [1.29, 1.82) is 0 Å². The van der Waals surface area contributed by atoms with Crippen molar-refractivity contribution in [3.63, 3.8) is 0 Å². The summed E-state index contributed by atoms with van der Waals surface area (Å²) in [4.78, 5) is 8.22. The van der Waals surface area contributed by atoms with Crippen LogP contribution in [0, 0.1) is 5.92 Å². The van der Waals surface area contributed by atoms with E-state index in [-0.39, 0.29) is 6.61 Å². The fourth-order valence-electron chi connectivity index (χ4n) is 1.86. The van der Waals surface area contributed by atoms with Gasteiger partial charge in [-0.1, -0.05) is 13.0 Å². The predicted octanol–water partition coefficient (Wildman–Crippen LogP) is 2.17. The van der Waals surface area contributed by atoms with E-state index in [1.165, 1.54) is 18.3 Å². The molecule has 1 aliphatic rings. The monoisotopic (exact) mass is 204 g/mol. The van der Waals surface area contributed by atoms with Crippen LogP contribution in [0.4, 0.5) is 0 Å². The Bertz CT molecular complexity index is 374. The highest BCUT2D eigenvalue weighted by atomic mass is 16.3. The molecule has 0 saturated carbocycles. The van der Waals surface area contributed by atoms with Crippen LogP contribution in [0.5, 0.6) is 0 Å². The minimum atomic E-state index is -0.0147. The SMILES string of the molecule is CC1CC=C(c2cc(CO)ncn2)CC1. The average Bonchev–Trinajstić information content (AvgIpc) is 2.30. The molecule has 15 heavy (non-hydrogen) atoms. The van der Waals surface area contributed by atoms with Crippen LogP contribution in [0.25, 0.3) is 5.57 Å². The van der Waals surface area contributed by atoms with Gasteiger partial charge in [0.1, 0.15) is 6.33 Å². The number of aliphatic hydroxyl groups excluding tert-OH is 1. The molecule has 0 aromatic carbocycles. The van der Waals surface area contributed by atoms with E-state index >= 15 is 0 Å². The van der Waals surface area contributed by atoms with Crippen molar-refractivity contribution in [2.45, 2.75) is 32.8 Å². The zero-order valence-electron chi connectivity index (χ0n) is 8.98. The summed E-state index contributed by atoms with van der Waals surface area (Å²) in [6.45, 7) is 2.26. The molecule has 0 bridgehead atoms. The summed E-state index contributed by atoms with van der Waals surface area (Å²) in [6, 6.07) is 1.88. The summed E-state index contributed by atoms with van der Waals surface area (Å²) in [7, 11) is 0. The Labute approximate surface area is 89.9 Å². The molecule has 0 spiro atoms. The lowest BCUT2D eigenvalue weighted by atomic mass is 9.89. The Kier molecular flexibility index (Phi) is 3.11. The maximum absolute atomic E-state index is 8.99. The van der Waals surface area contributed by atoms with Crippen molar-refractivity contribution in [2.24, 2.45) is 5.92 Å². The molecule has 1 N–H and O–H groups in total. The summed E-state index contributed by atoms with van der Waals surface area (Å²) < 4.78 is 0. The molecule has 1 aromatic heterocycles. The fourth-order valence-corrected chi connectivity index (χ4v) is 1.86. The zero-order chi connectivity index (χ0) is 10.7. The van der Waals surface area contributed by atoms with Gasteiger partial charge in [-0.05, 0) is 36.8 Å². The van der Waals surface area contributed by atoms with Crippen LogP contribution in [0.2, 0.25) is 0 Å². The maximum Gasteiger partial charge on any atom is 0.116 e. The van der Waals surface area contributed by atoms with E-state index in [2.05, 4.69) is 23.0 Å². The molecule has 0 radical (unpaired) electrons. The minimum absolute atomic E-state index is 0.0147. The van der Waals surface area contributed by atoms with Gasteiger partial charge in [-0.3, -0.25) is 0 Å². The second kappa shape index (κ2) is 4.53. The molecule has 1 aromatic rings. The maximum atomic E-state index is 8.99. The van der Waals surface area contributed by atoms with E-state index < -0.39 is 0 Å². The summed E-state index contributed by atoms with van der Waals surface area (Å²) in [5.41, 5.74) is 2.96. The molecule has 1 atom stereocenters. The van der Waals surface area contributed by atoms with Crippen molar-refractivity contribution in [2.75, 3.05) is 0 Å². The molecule has 1 unspecified atom stereocenters. The lowest BCUT2D eigenvalue weighted by molar-refractivity contribution is 0.276. The standard InChI is InChI=1S/C12H16N2O/c1-9-2-4-10(5-3-9)12-6-11(7-15)13-8-14-12/h4,6,8-9,15H,2-3,5,7H2,1H3. The lowest BCUT2D eigenvalue weighted by Crippen LogP contribution is -2.03. The highest BCUT2D eigenvalue weighted by Gasteiger charge is 2.12. The third kappa shape index (κ3) is 2.42. The fraction of sp³-hybridized carbons (Fsp3) is 0.500. The molecule has 80 valence electrons. The molecule has 0 amide bonds. The molecular formula is C12H16N2O. The lowest BCUT2D eigenvalue weighted by Gasteiger charge is -2.17. The highest BCUT2D eigenvalue weighted by molar-refractivity contribution is 5.63. The summed E-state index contributed by atoms with van der Waals surface area (Å²) in [5.74, 6) is 0.785. The summed E-state index contributed by atoms with van der Waals surface area (Å²) in [6.07, 6.45) is 7.23. The molecular weight excluding hydrogens is 188 g/mol. The van der Waals surface area contributed by atoms with Crippen LogP contribution in [0.3, 0.4) is 0 Å². The predicted molar refractivity (Wildman–Crippen MR) is 58.9 cm³/mol. The van der Waals surface area contributed by atoms with Gasteiger partial charge in [0.15, 0.2) is 0 Å². The van der Waals surface area contributed by atoms with Gasteiger partial charge in [0.2, 0.25) is 0 Å². The van der Waals surface area contributed by atoms with Gasteiger partial charge in [-0.15, -0.1) is 0 Å². The van der Waals surface area contributed by atoms with Crippen molar-refractivity contribution < 1.29 is 5.11 Å². The van der Waals surface area contributed by atoms with Gasteiger partial charge in [-0.25, -0.2) is 9.97 Å². The van der Waals surface area contributed by atoms with E-state index in [1.54, 1.807) is 0 Å². The molecule has 0 aliphatic heterocycles. The molecule has 2 rings (SSSR count). The molecule has 1 heterocycles. The van der Waals surface area contributed by atoms with Crippen LogP contribution in [0.1, 0.15) is 37.6 Å². The van der Waals surface area contributed by atoms with Crippen molar-refractivity contribution in [3.05, 3.63) is 29.9 Å². The first-order chi connectivity index (χ1) is 7.29. The molecule has 1 aliphatic carbocycles. The molecule has 0 fully saturated rings. The Balaban J connectivity index is 2.22. The second-order valence-electron chi connectivity index (χ2n) is 4.16. The van der Waals surface area contributed by atoms with Gasteiger partial charge in [-0.2, -0.15) is 0 Å². The average molecular weight is 204 g/mol. The topological polar surface area (TPSA) is 46.0 Å². The van der Waals surface area contributed by atoms with E-state index in [0.29, 0.717) is 5.69 Å². The Morgan fingerprint density at radius 2 is 2.33 bits per heavy atom. The van der Waals surface area contributed by atoms with Crippen LogP contribution >= 0.6 is 0 Å². The first kappa shape index (κ1) is 10.3. The van der Waals surface area contributed by atoms with Crippen LogP contribution in [-0.2, 0) is 6.61 Å². The smallest absolute Gasteiger partial charge is 0.116 e. The van der Waals surface area contributed by atoms with E-state index in [1.807, 2.05) is 6.07 Å². The summed E-state index contributed by atoms with van der Waals surface area (Å²) in [5, 5.41) is 8.99. The molecule has 0 saturated heterocycles. The third-order valence-electron chi connectivity index (χ3n) is 2.89. The van der Waals surface area contributed by atoms with Crippen LogP contribution in [0.15, 0.2) is 18.5 Å².